The lowest BCUT2D eigenvalue weighted by Gasteiger charge is -2.30. The standard InChI is InChI=1S/C24H27N3O/c1-3-18-11-5-7-13-20(18)26-24(28)22-17(2)23(27-15-9-4-10-16-27)25-21-14-8-6-12-19(21)22/h5-8,11-14H,3-4,9-10,15-16H2,1-2H3,(H,26,28). The first-order valence-corrected chi connectivity index (χ1v) is 10.2. The van der Waals surface area contributed by atoms with E-state index < -0.39 is 0 Å². The van der Waals surface area contributed by atoms with Crippen molar-refractivity contribution in [3.8, 4) is 0 Å². The first kappa shape index (κ1) is 18.5. The zero-order chi connectivity index (χ0) is 19.5. The monoisotopic (exact) mass is 373 g/mol. The third-order valence-electron chi connectivity index (χ3n) is 5.64. The number of nitrogens with one attached hydrogen (secondary N) is 1. The van der Waals surface area contributed by atoms with E-state index in [-0.39, 0.29) is 5.91 Å². The molecule has 28 heavy (non-hydrogen) atoms. The Morgan fingerprint density at radius 2 is 1.75 bits per heavy atom. The molecule has 1 aromatic heterocycles. The Hall–Kier alpha value is -2.88. The molecule has 0 unspecified atom stereocenters. The molecule has 144 valence electrons. The highest BCUT2D eigenvalue weighted by Crippen LogP contribution is 2.31. The second kappa shape index (κ2) is 8.01. The largest absolute Gasteiger partial charge is 0.356 e. The number of aryl methyl sites for hydroxylation is 1. The molecule has 4 nitrogen and oxygen atoms in total. The predicted molar refractivity (Wildman–Crippen MR) is 116 cm³/mol. The van der Waals surface area contributed by atoms with Gasteiger partial charge in [-0.3, -0.25) is 4.79 Å². The topological polar surface area (TPSA) is 45.2 Å². The third kappa shape index (κ3) is 3.47. The molecule has 1 amide bonds. The van der Waals surface area contributed by atoms with E-state index in [1.807, 2.05) is 49.4 Å². The van der Waals surface area contributed by atoms with Crippen LogP contribution in [0, 0.1) is 6.92 Å². The molecule has 0 saturated carbocycles. The fourth-order valence-corrected chi connectivity index (χ4v) is 4.14. The van der Waals surface area contributed by atoms with Gasteiger partial charge >= 0.3 is 0 Å². The van der Waals surface area contributed by atoms with E-state index in [2.05, 4.69) is 23.2 Å². The fraction of sp³-hybridized carbons (Fsp3) is 0.333. The molecule has 1 fully saturated rings. The minimum atomic E-state index is -0.0599. The lowest BCUT2D eigenvalue weighted by molar-refractivity contribution is 0.102. The Bertz CT molecular complexity index is 1010. The van der Waals surface area contributed by atoms with Crippen LogP contribution in [0.1, 0.15) is 47.7 Å². The molecular formula is C24H27N3O. The summed E-state index contributed by atoms with van der Waals surface area (Å²) in [5.41, 5.74) is 4.60. The first-order valence-electron chi connectivity index (χ1n) is 10.2. The zero-order valence-corrected chi connectivity index (χ0v) is 16.7. The number of para-hydroxylation sites is 2. The molecule has 1 saturated heterocycles. The minimum Gasteiger partial charge on any atom is -0.356 e. The number of pyridine rings is 1. The van der Waals surface area contributed by atoms with Gasteiger partial charge < -0.3 is 10.2 Å². The second-order valence-electron chi connectivity index (χ2n) is 7.47. The van der Waals surface area contributed by atoms with Crippen LogP contribution in [0.5, 0.6) is 0 Å². The number of nitrogens with zero attached hydrogens (tertiary/aromatic N) is 2. The number of anilines is 2. The average molecular weight is 374 g/mol. The molecule has 4 heteroatoms. The molecule has 0 aliphatic carbocycles. The Morgan fingerprint density at radius 1 is 1.04 bits per heavy atom. The van der Waals surface area contributed by atoms with Gasteiger partial charge in [-0.25, -0.2) is 4.98 Å². The number of carbonyl (C=O) groups excluding carboxylic acids is 1. The molecular weight excluding hydrogens is 346 g/mol. The summed E-state index contributed by atoms with van der Waals surface area (Å²) in [6, 6.07) is 16.0. The molecule has 1 aliphatic heterocycles. The number of amides is 1. The van der Waals surface area contributed by atoms with Crippen LogP contribution in [0.2, 0.25) is 0 Å². The Balaban J connectivity index is 1.80. The van der Waals surface area contributed by atoms with Crippen LogP contribution in [0.4, 0.5) is 11.5 Å². The van der Waals surface area contributed by atoms with Crippen LogP contribution >= 0.6 is 0 Å². The third-order valence-corrected chi connectivity index (χ3v) is 5.64. The summed E-state index contributed by atoms with van der Waals surface area (Å²) < 4.78 is 0. The van der Waals surface area contributed by atoms with Crippen molar-refractivity contribution in [2.75, 3.05) is 23.3 Å². The van der Waals surface area contributed by atoms with E-state index >= 15 is 0 Å². The lowest BCUT2D eigenvalue weighted by Crippen LogP contribution is -2.31. The number of rotatable bonds is 4. The number of aromatic nitrogens is 1. The van der Waals surface area contributed by atoms with Crippen LogP contribution in [-0.2, 0) is 6.42 Å². The molecule has 2 aromatic carbocycles. The fourth-order valence-electron chi connectivity index (χ4n) is 4.14. The molecule has 4 rings (SSSR count). The smallest absolute Gasteiger partial charge is 0.256 e. The number of carbonyl (C=O) groups is 1. The van der Waals surface area contributed by atoms with Gasteiger partial charge in [-0.15, -0.1) is 0 Å². The highest BCUT2D eigenvalue weighted by Gasteiger charge is 2.22. The SMILES string of the molecule is CCc1ccccc1NC(=O)c1c(C)c(N2CCCCC2)nc2ccccc12. The Labute approximate surface area is 166 Å². The molecule has 1 aliphatic rings. The molecule has 0 bridgehead atoms. The summed E-state index contributed by atoms with van der Waals surface area (Å²) in [5.74, 6) is 0.891. The van der Waals surface area contributed by atoms with E-state index in [9.17, 15) is 4.79 Å². The van der Waals surface area contributed by atoms with Crippen LogP contribution in [-0.4, -0.2) is 24.0 Å². The van der Waals surface area contributed by atoms with Gasteiger partial charge in [-0.2, -0.15) is 0 Å². The highest BCUT2D eigenvalue weighted by atomic mass is 16.1. The maximum atomic E-state index is 13.4. The number of fused-ring (bicyclic) bond motifs is 1. The van der Waals surface area contributed by atoms with E-state index in [1.165, 1.54) is 19.3 Å². The maximum Gasteiger partial charge on any atom is 0.256 e. The van der Waals surface area contributed by atoms with Gasteiger partial charge in [0.05, 0.1) is 11.1 Å². The zero-order valence-electron chi connectivity index (χ0n) is 16.7. The minimum absolute atomic E-state index is 0.0599. The predicted octanol–water partition coefficient (Wildman–Crippen LogP) is 5.35. The van der Waals surface area contributed by atoms with Crippen molar-refractivity contribution in [1.82, 2.24) is 4.98 Å². The van der Waals surface area contributed by atoms with E-state index in [4.69, 9.17) is 4.98 Å². The average Bonchev–Trinajstić information content (AvgIpc) is 2.74. The van der Waals surface area contributed by atoms with Gasteiger partial charge in [0, 0.05) is 29.7 Å². The van der Waals surface area contributed by atoms with Crippen molar-refractivity contribution < 1.29 is 4.79 Å². The normalized spacial score (nSPS) is 14.3. The molecule has 1 N–H and O–H groups in total. The van der Waals surface area contributed by atoms with Gasteiger partial charge in [0.15, 0.2) is 0 Å². The van der Waals surface area contributed by atoms with Crippen LogP contribution in [0.15, 0.2) is 48.5 Å². The van der Waals surface area contributed by atoms with Crippen molar-refractivity contribution >= 4 is 28.3 Å². The van der Waals surface area contributed by atoms with E-state index in [0.29, 0.717) is 0 Å². The summed E-state index contributed by atoms with van der Waals surface area (Å²) in [4.78, 5) is 20.7. The summed E-state index contributed by atoms with van der Waals surface area (Å²) in [7, 11) is 0. The van der Waals surface area contributed by atoms with Crippen LogP contribution < -0.4 is 10.2 Å². The van der Waals surface area contributed by atoms with Gasteiger partial charge in [0.2, 0.25) is 0 Å². The molecule has 2 heterocycles. The summed E-state index contributed by atoms with van der Waals surface area (Å²) in [6.07, 6.45) is 4.51. The second-order valence-corrected chi connectivity index (χ2v) is 7.47. The van der Waals surface area contributed by atoms with Crippen LogP contribution in [0.25, 0.3) is 10.9 Å². The molecule has 3 aromatic rings. The molecule has 0 spiro atoms. The highest BCUT2D eigenvalue weighted by molar-refractivity contribution is 6.14. The van der Waals surface area contributed by atoms with Crippen molar-refractivity contribution in [1.29, 1.82) is 0 Å². The number of piperidine rings is 1. The van der Waals surface area contributed by atoms with Gasteiger partial charge in [-0.05, 0) is 50.3 Å². The summed E-state index contributed by atoms with van der Waals surface area (Å²) >= 11 is 0. The summed E-state index contributed by atoms with van der Waals surface area (Å²) in [5, 5.41) is 4.07. The van der Waals surface area contributed by atoms with Crippen LogP contribution in [0.3, 0.4) is 0 Å². The van der Waals surface area contributed by atoms with Gasteiger partial charge in [-0.1, -0.05) is 43.3 Å². The number of benzene rings is 2. The first-order chi connectivity index (χ1) is 13.7. The number of hydrogen-bond donors (Lipinski definition) is 1. The Kier molecular flexibility index (Phi) is 5.29. The summed E-state index contributed by atoms with van der Waals surface area (Å²) in [6.45, 7) is 6.15. The maximum absolute atomic E-state index is 13.4. The van der Waals surface area contributed by atoms with Crippen molar-refractivity contribution in [3.63, 3.8) is 0 Å². The van der Waals surface area contributed by atoms with E-state index in [1.54, 1.807) is 0 Å². The number of hydrogen-bond acceptors (Lipinski definition) is 3. The van der Waals surface area contributed by atoms with Crippen molar-refractivity contribution in [2.45, 2.75) is 39.5 Å². The van der Waals surface area contributed by atoms with E-state index in [0.717, 1.165) is 58.6 Å². The Morgan fingerprint density at radius 3 is 2.54 bits per heavy atom. The quantitative estimate of drug-likeness (QED) is 0.671. The van der Waals surface area contributed by atoms with Gasteiger partial charge in [0.25, 0.3) is 5.91 Å². The molecule has 0 radical (unpaired) electrons. The lowest BCUT2D eigenvalue weighted by atomic mass is 10.0. The molecule has 0 atom stereocenters. The van der Waals surface area contributed by atoms with Crippen molar-refractivity contribution in [3.05, 3.63) is 65.2 Å². The van der Waals surface area contributed by atoms with Gasteiger partial charge in [0.1, 0.15) is 5.82 Å². The van der Waals surface area contributed by atoms with Crippen molar-refractivity contribution in [2.24, 2.45) is 0 Å².